The lowest BCUT2D eigenvalue weighted by atomic mass is 10.0. The summed E-state index contributed by atoms with van der Waals surface area (Å²) in [6.45, 7) is 2.23. The van der Waals surface area contributed by atoms with Crippen LogP contribution in [0.5, 0.6) is 5.75 Å². The van der Waals surface area contributed by atoms with Crippen molar-refractivity contribution >= 4 is 29.1 Å². The van der Waals surface area contributed by atoms with Crippen LogP contribution >= 0.6 is 23.2 Å². The maximum absolute atomic E-state index is 12.0. The Morgan fingerprint density at radius 1 is 1.21 bits per heavy atom. The molecule has 4 nitrogen and oxygen atoms in total. The van der Waals surface area contributed by atoms with Crippen LogP contribution in [-0.4, -0.2) is 26.2 Å². The Morgan fingerprint density at radius 2 is 1.96 bits per heavy atom. The number of benzene rings is 2. The molecule has 0 heterocycles. The highest BCUT2D eigenvalue weighted by Crippen LogP contribution is 2.27. The first-order valence-corrected chi connectivity index (χ1v) is 8.19. The zero-order chi connectivity index (χ0) is 17.5. The van der Waals surface area contributed by atoms with Gasteiger partial charge in [0.15, 0.2) is 6.61 Å². The zero-order valence-corrected chi connectivity index (χ0v) is 15.0. The molecule has 1 N–H and O–H groups in total. The summed E-state index contributed by atoms with van der Waals surface area (Å²) in [6.07, 6.45) is -0.214. The molecular formula is C18H19Cl2NO3. The second-order valence-corrected chi connectivity index (χ2v) is 6.09. The number of nitrogens with one attached hydrogen (secondary N) is 1. The minimum absolute atomic E-state index is 0.133. The SMILES string of the molecule is COC(CNC(=O)COc1ccc(Cl)cc1Cl)c1ccccc1C. The molecule has 0 aromatic heterocycles. The van der Waals surface area contributed by atoms with Crippen LogP contribution in [0.25, 0.3) is 0 Å². The summed E-state index contributed by atoms with van der Waals surface area (Å²) in [6, 6.07) is 12.8. The van der Waals surface area contributed by atoms with Crippen molar-refractivity contribution < 1.29 is 14.3 Å². The van der Waals surface area contributed by atoms with Crippen LogP contribution in [0.15, 0.2) is 42.5 Å². The number of hydrogen-bond acceptors (Lipinski definition) is 3. The van der Waals surface area contributed by atoms with Crippen LogP contribution in [0.1, 0.15) is 17.2 Å². The molecule has 0 fully saturated rings. The number of carbonyl (C=O) groups is 1. The van der Waals surface area contributed by atoms with Crippen molar-refractivity contribution in [1.82, 2.24) is 5.32 Å². The maximum Gasteiger partial charge on any atom is 0.258 e. The van der Waals surface area contributed by atoms with Gasteiger partial charge >= 0.3 is 0 Å². The largest absolute Gasteiger partial charge is 0.482 e. The molecule has 0 spiro atoms. The Balaban J connectivity index is 1.87. The normalized spacial score (nSPS) is 11.8. The van der Waals surface area contributed by atoms with Crippen LogP contribution in [0, 0.1) is 6.92 Å². The summed E-state index contributed by atoms with van der Waals surface area (Å²) in [7, 11) is 1.62. The Bertz CT molecular complexity index is 706. The monoisotopic (exact) mass is 367 g/mol. The summed E-state index contributed by atoms with van der Waals surface area (Å²) < 4.78 is 10.9. The Morgan fingerprint density at radius 3 is 2.62 bits per heavy atom. The molecule has 0 saturated carbocycles. The molecule has 1 atom stereocenters. The fourth-order valence-electron chi connectivity index (χ4n) is 2.26. The number of halogens is 2. The first-order chi connectivity index (χ1) is 11.5. The van der Waals surface area contributed by atoms with E-state index in [4.69, 9.17) is 32.7 Å². The van der Waals surface area contributed by atoms with Gasteiger partial charge in [-0.2, -0.15) is 0 Å². The number of hydrogen-bond donors (Lipinski definition) is 1. The quantitative estimate of drug-likeness (QED) is 0.798. The summed E-state index contributed by atoms with van der Waals surface area (Å²) in [4.78, 5) is 12.0. The number of aryl methyl sites for hydroxylation is 1. The summed E-state index contributed by atoms with van der Waals surface area (Å²) in [5.74, 6) is 0.162. The van der Waals surface area contributed by atoms with Crippen molar-refractivity contribution in [3.8, 4) is 5.75 Å². The Hall–Kier alpha value is -1.75. The van der Waals surface area contributed by atoms with Gasteiger partial charge in [0.05, 0.1) is 11.1 Å². The topological polar surface area (TPSA) is 47.6 Å². The van der Waals surface area contributed by atoms with Gasteiger partial charge in [0, 0.05) is 18.7 Å². The van der Waals surface area contributed by atoms with Crippen LogP contribution < -0.4 is 10.1 Å². The fraction of sp³-hybridized carbons (Fsp3) is 0.278. The van der Waals surface area contributed by atoms with E-state index in [2.05, 4.69) is 5.32 Å². The molecular weight excluding hydrogens is 349 g/mol. The van der Waals surface area contributed by atoms with E-state index in [1.165, 1.54) is 0 Å². The Labute approximate surface area is 151 Å². The van der Waals surface area contributed by atoms with E-state index >= 15 is 0 Å². The van der Waals surface area contributed by atoms with Crippen molar-refractivity contribution in [1.29, 1.82) is 0 Å². The third-order valence-corrected chi connectivity index (χ3v) is 4.09. The van der Waals surface area contributed by atoms with E-state index < -0.39 is 0 Å². The van der Waals surface area contributed by atoms with Gasteiger partial charge < -0.3 is 14.8 Å². The molecule has 1 unspecified atom stereocenters. The van der Waals surface area contributed by atoms with E-state index in [9.17, 15) is 4.79 Å². The average molecular weight is 368 g/mol. The predicted molar refractivity (Wildman–Crippen MR) is 95.9 cm³/mol. The highest BCUT2D eigenvalue weighted by molar-refractivity contribution is 6.35. The molecule has 0 aliphatic carbocycles. The van der Waals surface area contributed by atoms with Gasteiger partial charge in [-0.3, -0.25) is 4.79 Å². The Kier molecular flexibility index (Phi) is 6.91. The van der Waals surface area contributed by atoms with Gasteiger partial charge in [-0.1, -0.05) is 47.5 Å². The lowest BCUT2D eigenvalue weighted by Crippen LogP contribution is -2.33. The number of carbonyl (C=O) groups excluding carboxylic acids is 1. The van der Waals surface area contributed by atoms with Crippen molar-refractivity contribution in [2.75, 3.05) is 20.3 Å². The molecule has 24 heavy (non-hydrogen) atoms. The third-order valence-electron chi connectivity index (χ3n) is 3.56. The van der Waals surface area contributed by atoms with E-state index in [0.717, 1.165) is 11.1 Å². The van der Waals surface area contributed by atoms with Crippen molar-refractivity contribution in [2.45, 2.75) is 13.0 Å². The van der Waals surface area contributed by atoms with Crippen LogP contribution in [0.2, 0.25) is 10.0 Å². The van der Waals surface area contributed by atoms with E-state index in [1.807, 2.05) is 31.2 Å². The van der Waals surface area contributed by atoms with Gasteiger partial charge in [-0.15, -0.1) is 0 Å². The average Bonchev–Trinajstić information content (AvgIpc) is 2.56. The molecule has 0 bridgehead atoms. The molecule has 6 heteroatoms. The van der Waals surface area contributed by atoms with E-state index in [0.29, 0.717) is 22.3 Å². The number of amides is 1. The number of ether oxygens (including phenoxy) is 2. The molecule has 2 aromatic carbocycles. The number of rotatable bonds is 7. The highest BCUT2D eigenvalue weighted by atomic mass is 35.5. The molecule has 0 saturated heterocycles. The van der Waals surface area contributed by atoms with Crippen LogP contribution in [0.3, 0.4) is 0 Å². The fourth-order valence-corrected chi connectivity index (χ4v) is 2.72. The lowest BCUT2D eigenvalue weighted by Gasteiger charge is -2.18. The second kappa shape index (κ2) is 8.92. The first kappa shape index (κ1) is 18.6. The molecule has 128 valence electrons. The third kappa shape index (κ3) is 5.13. The van der Waals surface area contributed by atoms with E-state index in [-0.39, 0.29) is 18.6 Å². The van der Waals surface area contributed by atoms with Crippen molar-refractivity contribution in [2.24, 2.45) is 0 Å². The minimum Gasteiger partial charge on any atom is -0.482 e. The smallest absolute Gasteiger partial charge is 0.258 e. The number of methoxy groups -OCH3 is 1. The van der Waals surface area contributed by atoms with Gasteiger partial charge in [0.1, 0.15) is 5.75 Å². The zero-order valence-electron chi connectivity index (χ0n) is 13.5. The van der Waals surface area contributed by atoms with Crippen LogP contribution in [-0.2, 0) is 9.53 Å². The molecule has 2 rings (SSSR count). The molecule has 2 aromatic rings. The highest BCUT2D eigenvalue weighted by Gasteiger charge is 2.14. The van der Waals surface area contributed by atoms with Gasteiger partial charge in [0.2, 0.25) is 0 Å². The van der Waals surface area contributed by atoms with Crippen molar-refractivity contribution in [3.63, 3.8) is 0 Å². The summed E-state index contributed by atoms with van der Waals surface area (Å²) in [5, 5.41) is 3.68. The molecule has 0 aliphatic rings. The second-order valence-electron chi connectivity index (χ2n) is 5.25. The maximum atomic E-state index is 12.0. The van der Waals surface area contributed by atoms with Gasteiger partial charge in [-0.05, 0) is 36.2 Å². The van der Waals surface area contributed by atoms with E-state index in [1.54, 1.807) is 25.3 Å². The van der Waals surface area contributed by atoms with Crippen molar-refractivity contribution in [3.05, 3.63) is 63.6 Å². The lowest BCUT2D eigenvalue weighted by molar-refractivity contribution is -0.123. The van der Waals surface area contributed by atoms with Gasteiger partial charge in [0.25, 0.3) is 5.91 Å². The van der Waals surface area contributed by atoms with Gasteiger partial charge in [-0.25, -0.2) is 0 Å². The molecule has 0 aliphatic heterocycles. The summed E-state index contributed by atoms with van der Waals surface area (Å²) >= 11 is 11.8. The molecule has 1 amide bonds. The first-order valence-electron chi connectivity index (χ1n) is 7.44. The van der Waals surface area contributed by atoms with Crippen LogP contribution in [0.4, 0.5) is 0 Å². The summed E-state index contributed by atoms with van der Waals surface area (Å²) in [5.41, 5.74) is 2.16. The molecule has 0 radical (unpaired) electrons. The standard InChI is InChI=1S/C18H19Cl2NO3/c1-12-5-3-4-6-14(12)17(23-2)10-21-18(22)11-24-16-8-7-13(19)9-15(16)20/h3-9,17H,10-11H2,1-2H3,(H,21,22). The predicted octanol–water partition coefficient (Wildman–Crippen LogP) is 4.18. The minimum atomic E-state index is -0.253.